The number of aromatic nitrogens is 1. The maximum Gasteiger partial charge on any atom is 0.339 e. The van der Waals surface area contributed by atoms with E-state index in [1.165, 1.54) is 0 Å². The normalized spacial score (nSPS) is 10.5. The maximum absolute atomic E-state index is 12.7. The van der Waals surface area contributed by atoms with Crippen molar-refractivity contribution in [1.29, 1.82) is 0 Å². The Balaban J connectivity index is 1.82. The van der Waals surface area contributed by atoms with Crippen LogP contribution in [0.5, 0.6) is 5.75 Å². The molecule has 2 aromatic carbocycles. The quantitative estimate of drug-likeness (QED) is 0.575. The molecule has 6 heteroatoms. The molecule has 0 bridgehead atoms. The molecule has 0 atom stereocenters. The third kappa shape index (κ3) is 4.89. The van der Waals surface area contributed by atoms with E-state index < -0.39 is 0 Å². The summed E-state index contributed by atoms with van der Waals surface area (Å²) in [5.74, 6) is 0.209. The van der Waals surface area contributed by atoms with Crippen LogP contribution in [0.3, 0.4) is 0 Å². The number of nitrogens with one attached hydrogen (secondary N) is 1. The largest absolute Gasteiger partial charge is 0.497 e. The van der Waals surface area contributed by atoms with Gasteiger partial charge in [0.25, 0.3) is 0 Å². The van der Waals surface area contributed by atoms with Gasteiger partial charge in [0.2, 0.25) is 5.91 Å². The van der Waals surface area contributed by atoms with Crippen LogP contribution in [0.15, 0.2) is 60.7 Å². The number of rotatable bonds is 8. The first-order valence-electron chi connectivity index (χ1n) is 9.85. The molecule has 156 valence electrons. The zero-order valence-electron chi connectivity index (χ0n) is 17.5. The lowest BCUT2D eigenvalue weighted by molar-refractivity contribution is -0.121. The molecule has 3 aromatic rings. The van der Waals surface area contributed by atoms with Crippen LogP contribution < -0.4 is 10.1 Å². The van der Waals surface area contributed by atoms with E-state index in [9.17, 15) is 9.59 Å². The van der Waals surface area contributed by atoms with Crippen LogP contribution in [-0.4, -0.2) is 30.2 Å². The molecule has 1 N–H and O–H groups in total. The number of hydrogen-bond donors (Lipinski definition) is 1. The van der Waals surface area contributed by atoms with Crippen LogP contribution >= 0.6 is 0 Å². The van der Waals surface area contributed by atoms with Gasteiger partial charge in [0.05, 0.1) is 19.3 Å². The average Bonchev–Trinajstić information content (AvgIpc) is 3.09. The van der Waals surface area contributed by atoms with Gasteiger partial charge in [0, 0.05) is 17.9 Å². The molecular formula is C24H26N2O4. The number of hydrogen-bond acceptors (Lipinski definition) is 4. The molecule has 0 saturated carbocycles. The highest BCUT2D eigenvalue weighted by atomic mass is 16.5. The van der Waals surface area contributed by atoms with Crippen molar-refractivity contribution < 1.29 is 19.1 Å². The molecule has 0 aliphatic heterocycles. The number of benzene rings is 2. The predicted octanol–water partition coefficient (Wildman–Crippen LogP) is 3.97. The Morgan fingerprint density at radius 3 is 2.50 bits per heavy atom. The van der Waals surface area contributed by atoms with Crippen LogP contribution in [0.25, 0.3) is 11.3 Å². The Morgan fingerprint density at radius 2 is 1.80 bits per heavy atom. The number of ether oxygens (including phenoxy) is 2. The lowest BCUT2D eigenvalue weighted by Crippen LogP contribution is -2.27. The fourth-order valence-electron chi connectivity index (χ4n) is 3.30. The van der Waals surface area contributed by atoms with E-state index >= 15 is 0 Å². The minimum atomic E-state index is -0.386. The fourth-order valence-corrected chi connectivity index (χ4v) is 3.30. The summed E-state index contributed by atoms with van der Waals surface area (Å²) in [6.07, 6.45) is 0. The summed E-state index contributed by atoms with van der Waals surface area (Å²) in [6.45, 7) is 4.38. The predicted molar refractivity (Wildman–Crippen MR) is 115 cm³/mol. The van der Waals surface area contributed by atoms with E-state index in [1.54, 1.807) is 20.1 Å². The van der Waals surface area contributed by atoms with E-state index in [-0.39, 0.29) is 18.4 Å². The third-order valence-corrected chi connectivity index (χ3v) is 4.86. The van der Waals surface area contributed by atoms with Gasteiger partial charge in [0.1, 0.15) is 12.3 Å². The Hall–Kier alpha value is -3.54. The molecule has 0 saturated heterocycles. The first-order valence-corrected chi connectivity index (χ1v) is 9.85. The van der Waals surface area contributed by atoms with Crippen molar-refractivity contribution in [3.63, 3.8) is 0 Å². The second-order valence-electron chi connectivity index (χ2n) is 6.83. The van der Waals surface area contributed by atoms with Gasteiger partial charge in [-0.2, -0.15) is 0 Å². The van der Waals surface area contributed by atoms with Gasteiger partial charge in [-0.1, -0.05) is 42.5 Å². The average molecular weight is 406 g/mol. The summed E-state index contributed by atoms with van der Waals surface area (Å²) in [5, 5.41) is 2.94. The number of esters is 1. The highest BCUT2D eigenvalue weighted by Gasteiger charge is 2.20. The minimum Gasteiger partial charge on any atom is -0.497 e. The van der Waals surface area contributed by atoms with Crippen molar-refractivity contribution >= 4 is 11.9 Å². The smallest absolute Gasteiger partial charge is 0.339 e. The van der Waals surface area contributed by atoms with Crippen molar-refractivity contribution in [2.45, 2.75) is 26.9 Å². The molecule has 30 heavy (non-hydrogen) atoms. The van der Waals surface area contributed by atoms with E-state index in [0.29, 0.717) is 24.4 Å². The van der Waals surface area contributed by atoms with Gasteiger partial charge in [-0.05, 0) is 43.2 Å². The first kappa shape index (κ1) is 21.2. The van der Waals surface area contributed by atoms with Crippen LogP contribution in [0.4, 0.5) is 0 Å². The molecule has 0 radical (unpaired) electrons. The lowest BCUT2D eigenvalue weighted by Gasteiger charge is -2.13. The van der Waals surface area contributed by atoms with Crippen molar-refractivity contribution in [3.8, 4) is 17.0 Å². The topological polar surface area (TPSA) is 69.6 Å². The minimum absolute atomic E-state index is 0.0967. The van der Waals surface area contributed by atoms with Gasteiger partial charge in [0.15, 0.2) is 0 Å². The summed E-state index contributed by atoms with van der Waals surface area (Å²) in [5.41, 5.74) is 3.84. The van der Waals surface area contributed by atoms with Gasteiger partial charge >= 0.3 is 5.97 Å². The summed E-state index contributed by atoms with van der Waals surface area (Å²) in [7, 11) is 1.61. The molecule has 0 fully saturated rings. The Bertz CT molecular complexity index is 1020. The standard InChI is InChI=1S/C24H26N2O4/c1-4-30-24(28)21-14-22(19-10-6-5-7-11-19)26(17(21)2)16-23(27)25-15-18-9-8-12-20(13-18)29-3/h5-14H,4,15-16H2,1-3H3,(H,25,27). The number of carbonyl (C=O) groups excluding carboxylic acids is 2. The number of methoxy groups -OCH3 is 1. The van der Waals surface area contributed by atoms with E-state index in [2.05, 4.69) is 5.32 Å². The maximum atomic E-state index is 12.7. The molecule has 0 unspecified atom stereocenters. The molecule has 1 heterocycles. The SMILES string of the molecule is CCOC(=O)c1cc(-c2ccccc2)n(CC(=O)NCc2cccc(OC)c2)c1C. The first-order chi connectivity index (χ1) is 14.5. The second-order valence-corrected chi connectivity index (χ2v) is 6.83. The van der Waals surface area contributed by atoms with E-state index in [1.807, 2.05) is 66.1 Å². The highest BCUT2D eigenvalue weighted by molar-refractivity contribution is 5.93. The van der Waals surface area contributed by atoms with Crippen LogP contribution in [0.2, 0.25) is 0 Å². The van der Waals surface area contributed by atoms with Crippen molar-refractivity contribution in [3.05, 3.63) is 77.5 Å². The highest BCUT2D eigenvalue weighted by Crippen LogP contribution is 2.26. The molecule has 6 nitrogen and oxygen atoms in total. The van der Waals surface area contributed by atoms with E-state index in [4.69, 9.17) is 9.47 Å². The Kier molecular flexibility index (Phi) is 6.91. The van der Waals surface area contributed by atoms with Gasteiger partial charge in [-0.15, -0.1) is 0 Å². The summed E-state index contributed by atoms with van der Waals surface area (Å²) < 4.78 is 12.3. The monoisotopic (exact) mass is 406 g/mol. The van der Waals surface area contributed by atoms with Crippen molar-refractivity contribution in [1.82, 2.24) is 9.88 Å². The second kappa shape index (κ2) is 9.78. The molecule has 1 aromatic heterocycles. The molecule has 3 rings (SSSR count). The zero-order chi connectivity index (χ0) is 21.5. The Labute approximate surface area is 176 Å². The number of carbonyl (C=O) groups is 2. The van der Waals surface area contributed by atoms with Crippen LogP contribution in [0, 0.1) is 6.92 Å². The molecule has 1 amide bonds. The molecular weight excluding hydrogens is 380 g/mol. The van der Waals surface area contributed by atoms with Crippen LogP contribution in [0.1, 0.15) is 28.5 Å². The van der Waals surface area contributed by atoms with Crippen molar-refractivity contribution in [2.24, 2.45) is 0 Å². The van der Waals surface area contributed by atoms with Gasteiger partial charge < -0.3 is 19.4 Å². The summed E-state index contributed by atoms with van der Waals surface area (Å²) in [4.78, 5) is 25.1. The molecule has 0 spiro atoms. The zero-order valence-corrected chi connectivity index (χ0v) is 17.5. The Morgan fingerprint density at radius 1 is 1.03 bits per heavy atom. The fraction of sp³-hybridized carbons (Fsp3) is 0.250. The van der Waals surface area contributed by atoms with Crippen molar-refractivity contribution in [2.75, 3.05) is 13.7 Å². The number of amides is 1. The lowest BCUT2D eigenvalue weighted by atomic mass is 10.1. The number of nitrogens with zero attached hydrogens (tertiary/aromatic N) is 1. The van der Waals surface area contributed by atoms with Gasteiger partial charge in [-0.3, -0.25) is 4.79 Å². The molecule has 0 aliphatic carbocycles. The van der Waals surface area contributed by atoms with Crippen LogP contribution in [-0.2, 0) is 22.6 Å². The van der Waals surface area contributed by atoms with Gasteiger partial charge in [-0.25, -0.2) is 4.79 Å². The third-order valence-electron chi connectivity index (χ3n) is 4.86. The van der Waals surface area contributed by atoms with E-state index in [0.717, 1.165) is 22.6 Å². The summed E-state index contributed by atoms with van der Waals surface area (Å²) >= 11 is 0. The molecule has 0 aliphatic rings. The summed E-state index contributed by atoms with van der Waals surface area (Å²) in [6, 6.07) is 19.0.